The van der Waals surface area contributed by atoms with Gasteiger partial charge in [-0.15, -0.1) is 0 Å². The number of hydrogen-bond donors (Lipinski definition) is 1. The Balaban J connectivity index is 1.70. The molecule has 2 fully saturated rings. The van der Waals surface area contributed by atoms with Gasteiger partial charge in [0.25, 0.3) is 11.8 Å². The molecule has 4 nitrogen and oxygen atoms in total. The van der Waals surface area contributed by atoms with E-state index >= 15 is 0 Å². The van der Waals surface area contributed by atoms with Gasteiger partial charge in [0.15, 0.2) is 0 Å². The van der Waals surface area contributed by atoms with Gasteiger partial charge in [-0.25, -0.2) is 0 Å². The lowest BCUT2D eigenvalue weighted by atomic mass is 9.90. The van der Waals surface area contributed by atoms with Gasteiger partial charge in [-0.3, -0.25) is 14.5 Å². The summed E-state index contributed by atoms with van der Waals surface area (Å²) < 4.78 is 0. The van der Waals surface area contributed by atoms with Crippen LogP contribution in [0.1, 0.15) is 40.0 Å². The van der Waals surface area contributed by atoms with Gasteiger partial charge in [-0.2, -0.15) is 0 Å². The lowest BCUT2D eigenvalue weighted by Crippen LogP contribution is -2.52. The molecule has 3 aliphatic rings. The molecule has 1 aromatic rings. The predicted molar refractivity (Wildman–Crippen MR) is 69.5 cm³/mol. The molecule has 2 amide bonds. The molecule has 0 bridgehead atoms. The first-order valence-corrected chi connectivity index (χ1v) is 6.89. The first kappa shape index (κ1) is 11.2. The van der Waals surface area contributed by atoms with Crippen molar-refractivity contribution in [3.8, 4) is 0 Å². The second-order valence-electron chi connectivity index (χ2n) is 5.98. The Bertz CT molecular complexity index is 548. The molecule has 2 N–H and O–H groups in total. The van der Waals surface area contributed by atoms with Gasteiger partial charge in [0, 0.05) is 6.04 Å². The third kappa shape index (κ3) is 1.49. The number of rotatable bonds is 1. The van der Waals surface area contributed by atoms with Crippen LogP contribution in [-0.4, -0.2) is 28.8 Å². The molecular weight excluding hydrogens is 240 g/mol. The van der Waals surface area contributed by atoms with Crippen LogP contribution in [0.5, 0.6) is 0 Å². The topological polar surface area (TPSA) is 63.4 Å². The predicted octanol–water partition coefficient (Wildman–Crippen LogP) is 1.41. The quantitative estimate of drug-likeness (QED) is 0.773. The standard InChI is InChI=1S/C15H16N2O2/c16-12-6-8-5-9(8)7-13(12)17-14(18)10-3-1-2-4-11(10)15(17)19/h1-4,8-9,12-13H,5-7,16H2/t8?,9?,12-,13+/m0/s1. The van der Waals surface area contributed by atoms with Gasteiger partial charge in [0.2, 0.25) is 0 Å². The molecule has 2 unspecified atom stereocenters. The Morgan fingerprint density at radius 1 is 0.947 bits per heavy atom. The van der Waals surface area contributed by atoms with Crippen LogP contribution < -0.4 is 5.73 Å². The van der Waals surface area contributed by atoms with Gasteiger partial charge in [-0.05, 0) is 43.2 Å². The maximum Gasteiger partial charge on any atom is 0.261 e. The number of carbonyl (C=O) groups excluding carboxylic acids is 2. The Labute approximate surface area is 111 Å². The normalized spacial score (nSPS) is 36.2. The van der Waals surface area contributed by atoms with E-state index in [1.165, 1.54) is 11.3 Å². The average Bonchev–Trinajstić information content (AvgIpc) is 3.11. The van der Waals surface area contributed by atoms with Crippen molar-refractivity contribution in [3.05, 3.63) is 35.4 Å². The first-order chi connectivity index (χ1) is 9.16. The molecule has 2 saturated carbocycles. The Morgan fingerprint density at radius 2 is 1.53 bits per heavy atom. The summed E-state index contributed by atoms with van der Waals surface area (Å²) in [7, 11) is 0. The summed E-state index contributed by atoms with van der Waals surface area (Å²) in [5.74, 6) is 1.08. The minimum Gasteiger partial charge on any atom is -0.326 e. The highest BCUT2D eigenvalue weighted by Gasteiger charge is 2.51. The summed E-state index contributed by atoms with van der Waals surface area (Å²) in [6.45, 7) is 0. The highest BCUT2D eigenvalue weighted by Crippen LogP contribution is 2.50. The van der Waals surface area contributed by atoms with Gasteiger partial charge in [-0.1, -0.05) is 12.1 Å². The van der Waals surface area contributed by atoms with E-state index in [4.69, 9.17) is 5.73 Å². The van der Waals surface area contributed by atoms with Crippen LogP contribution in [0.3, 0.4) is 0 Å². The molecule has 98 valence electrons. The lowest BCUT2D eigenvalue weighted by Gasteiger charge is -2.34. The molecule has 0 saturated heterocycles. The SMILES string of the molecule is N[C@H]1CC2CC2C[C@H]1N1C(=O)c2ccccc2C1=O. The number of benzene rings is 1. The molecule has 0 radical (unpaired) electrons. The summed E-state index contributed by atoms with van der Waals surface area (Å²) in [5, 5.41) is 0. The number of amides is 2. The molecule has 0 aromatic heterocycles. The zero-order valence-corrected chi connectivity index (χ0v) is 10.6. The summed E-state index contributed by atoms with van der Waals surface area (Å²) in [6, 6.07) is 6.87. The van der Waals surface area contributed by atoms with E-state index in [-0.39, 0.29) is 23.9 Å². The van der Waals surface area contributed by atoms with Gasteiger partial charge >= 0.3 is 0 Å². The van der Waals surface area contributed by atoms with Crippen LogP contribution in [0.2, 0.25) is 0 Å². The summed E-state index contributed by atoms with van der Waals surface area (Å²) >= 11 is 0. The van der Waals surface area contributed by atoms with Gasteiger partial charge < -0.3 is 5.73 Å². The first-order valence-electron chi connectivity index (χ1n) is 6.89. The van der Waals surface area contributed by atoms with E-state index in [0.717, 1.165) is 18.8 Å². The maximum atomic E-state index is 12.4. The number of fused-ring (bicyclic) bond motifs is 2. The zero-order valence-electron chi connectivity index (χ0n) is 10.6. The molecule has 1 heterocycles. The smallest absolute Gasteiger partial charge is 0.261 e. The highest BCUT2D eigenvalue weighted by atomic mass is 16.2. The Morgan fingerprint density at radius 3 is 2.16 bits per heavy atom. The molecule has 4 rings (SSSR count). The van der Waals surface area contributed by atoms with E-state index in [0.29, 0.717) is 17.0 Å². The van der Waals surface area contributed by atoms with Crippen molar-refractivity contribution in [3.63, 3.8) is 0 Å². The minimum absolute atomic E-state index is 0.0639. The monoisotopic (exact) mass is 256 g/mol. The number of nitrogens with two attached hydrogens (primary N) is 1. The van der Waals surface area contributed by atoms with Crippen LogP contribution in [0.4, 0.5) is 0 Å². The number of hydrogen-bond acceptors (Lipinski definition) is 3. The van der Waals surface area contributed by atoms with Crippen molar-refractivity contribution in [2.75, 3.05) is 0 Å². The van der Waals surface area contributed by atoms with Crippen molar-refractivity contribution in [1.29, 1.82) is 0 Å². The third-order valence-electron chi connectivity index (χ3n) is 4.84. The number of carbonyl (C=O) groups is 2. The third-order valence-corrected chi connectivity index (χ3v) is 4.84. The van der Waals surface area contributed by atoms with Crippen molar-refractivity contribution < 1.29 is 9.59 Å². The molecule has 4 atom stereocenters. The van der Waals surface area contributed by atoms with Gasteiger partial charge in [0.05, 0.1) is 17.2 Å². The molecule has 0 spiro atoms. The van der Waals surface area contributed by atoms with E-state index in [1.807, 2.05) is 0 Å². The van der Waals surface area contributed by atoms with Gasteiger partial charge in [0.1, 0.15) is 0 Å². The summed E-state index contributed by atoms with van der Waals surface area (Å²) in [5.41, 5.74) is 7.24. The van der Waals surface area contributed by atoms with Crippen molar-refractivity contribution in [2.24, 2.45) is 17.6 Å². The van der Waals surface area contributed by atoms with E-state index in [9.17, 15) is 9.59 Å². The van der Waals surface area contributed by atoms with Crippen LogP contribution >= 0.6 is 0 Å². The minimum atomic E-state index is -0.167. The Hall–Kier alpha value is -1.68. The molecule has 2 aliphatic carbocycles. The van der Waals surface area contributed by atoms with Crippen LogP contribution in [0.25, 0.3) is 0 Å². The second kappa shape index (κ2) is 3.67. The largest absolute Gasteiger partial charge is 0.326 e. The fourth-order valence-electron chi connectivity index (χ4n) is 3.69. The fourth-order valence-corrected chi connectivity index (χ4v) is 3.69. The lowest BCUT2D eigenvalue weighted by molar-refractivity contribution is 0.0520. The van der Waals surface area contributed by atoms with Crippen LogP contribution in [0, 0.1) is 11.8 Å². The summed E-state index contributed by atoms with van der Waals surface area (Å²) in [4.78, 5) is 26.3. The van der Waals surface area contributed by atoms with Crippen LogP contribution in [-0.2, 0) is 0 Å². The van der Waals surface area contributed by atoms with E-state index in [2.05, 4.69) is 0 Å². The van der Waals surface area contributed by atoms with E-state index < -0.39 is 0 Å². The second-order valence-corrected chi connectivity index (χ2v) is 5.98. The van der Waals surface area contributed by atoms with Crippen LogP contribution in [0.15, 0.2) is 24.3 Å². The Kier molecular flexibility index (Phi) is 2.16. The number of nitrogens with zero attached hydrogens (tertiary/aromatic N) is 1. The highest BCUT2D eigenvalue weighted by molar-refractivity contribution is 6.21. The van der Waals surface area contributed by atoms with E-state index in [1.54, 1.807) is 24.3 Å². The van der Waals surface area contributed by atoms with Crippen molar-refractivity contribution in [2.45, 2.75) is 31.3 Å². The average molecular weight is 256 g/mol. The molecule has 1 aliphatic heterocycles. The zero-order chi connectivity index (χ0) is 13.1. The summed E-state index contributed by atoms with van der Waals surface area (Å²) in [6.07, 6.45) is 3.05. The molecule has 4 heteroatoms. The van der Waals surface area contributed by atoms with Crippen molar-refractivity contribution >= 4 is 11.8 Å². The van der Waals surface area contributed by atoms with Crippen molar-refractivity contribution in [1.82, 2.24) is 4.90 Å². The maximum absolute atomic E-state index is 12.4. The molecule has 19 heavy (non-hydrogen) atoms. The number of imide groups is 1. The molecule has 1 aromatic carbocycles. The molecular formula is C15H16N2O2. The fraction of sp³-hybridized carbons (Fsp3) is 0.467.